The smallest absolute Gasteiger partial charge is 0.377 e. The van der Waals surface area contributed by atoms with Gasteiger partial charge in [0.25, 0.3) is 5.76 Å². The predicted octanol–water partition coefficient (Wildman–Crippen LogP) is 4.51. The molecule has 5 nitrogen and oxygen atoms in total. The first-order chi connectivity index (χ1) is 12.1. The standard InChI is InChI=1S/C19H14BrNO4/c1-2-24-19(23)18-15(17(22)13-6-4-3-5-7-13)16(21-25-18)12-8-10-14(20)11-9-12/h3-11H,2H2,1H3. The molecule has 25 heavy (non-hydrogen) atoms. The summed E-state index contributed by atoms with van der Waals surface area (Å²) in [5.41, 5.74) is 1.52. The van der Waals surface area contributed by atoms with E-state index in [1.165, 1.54) is 0 Å². The Morgan fingerprint density at radius 1 is 1.08 bits per heavy atom. The fourth-order valence-corrected chi connectivity index (χ4v) is 2.64. The van der Waals surface area contributed by atoms with Gasteiger partial charge in [-0.1, -0.05) is 63.6 Å². The maximum atomic E-state index is 13.0. The van der Waals surface area contributed by atoms with E-state index < -0.39 is 5.97 Å². The molecule has 0 amide bonds. The van der Waals surface area contributed by atoms with Gasteiger partial charge in [0, 0.05) is 15.6 Å². The fourth-order valence-electron chi connectivity index (χ4n) is 2.38. The zero-order valence-electron chi connectivity index (χ0n) is 13.4. The van der Waals surface area contributed by atoms with Crippen LogP contribution in [0.2, 0.25) is 0 Å². The quantitative estimate of drug-likeness (QED) is 0.466. The van der Waals surface area contributed by atoms with Gasteiger partial charge in [-0.05, 0) is 19.1 Å². The molecule has 3 rings (SSSR count). The number of ketones is 1. The zero-order valence-corrected chi connectivity index (χ0v) is 14.9. The van der Waals surface area contributed by atoms with E-state index in [1.54, 1.807) is 43.3 Å². The highest BCUT2D eigenvalue weighted by Gasteiger charge is 2.30. The summed E-state index contributed by atoms with van der Waals surface area (Å²) in [6, 6.07) is 15.9. The van der Waals surface area contributed by atoms with Gasteiger partial charge in [-0.25, -0.2) is 4.79 Å². The highest BCUT2D eigenvalue weighted by molar-refractivity contribution is 9.10. The van der Waals surface area contributed by atoms with Crippen molar-refractivity contribution >= 4 is 27.7 Å². The van der Waals surface area contributed by atoms with Crippen LogP contribution in [0.4, 0.5) is 0 Å². The first-order valence-corrected chi connectivity index (χ1v) is 8.43. The molecule has 0 radical (unpaired) electrons. The Kier molecular flexibility index (Phi) is 5.09. The highest BCUT2D eigenvalue weighted by atomic mass is 79.9. The van der Waals surface area contributed by atoms with E-state index in [9.17, 15) is 9.59 Å². The van der Waals surface area contributed by atoms with E-state index in [2.05, 4.69) is 21.1 Å². The number of carbonyl (C=O) groups excluding carboxylic acids is 2. The number of aromatic nitrogens is 1. The third kappa shape index (κ3) is 3.53. The fraction of sp³-hybridized carbons (Fsp3) is 0.105. The van der Waals surface area contributed by atoms with E-state index in [0.717, 1.165) is 4.47 Å². The lowest BCUT2D eigenvalue weighted by atomic mass is 9.98. The van der Waals surface area contributed by atoms with Crippen molar-refractivity contribution in [3.8, 4) is 11.3 Å². The Balaban J connectivity index is 2.15. The van der Waals surface area contributed by atoms with Crippen molar-refractivity contribution in [1.82, 2.24) is 5.16 Å². The van der Waals surface area contributed by atoms with E-state index in [4.69, 9.17) is 9.26 Å². The van der Waals surface area contributed by atoms with E-state index in [1.807, 2.05) is 18.2 Å². The van der Waals surface area contributed by atoms with Gasteiger partial charge in [-0.2, -0.15) is 0 Å². The van der Waals surface area contributed by atoms with Gasteiger partial charge in [-0.15, -0.1) is 0 Å². The summed E-state index contributed by atoms with van der Waals surface area (Å²) < 4.78 is 11.1. The maximum absolute atomic E-state index is 13.0. The van der Waals surface area contributed by atoms with Crippen molar-refractivity contribution < 1.29 is 18.8 Å². The highest BCUT2D eigenvalue weighted by Crippen LogP contribution is 2.29. The second kappa shape index (κ2) is 7.44. The Labute approximate surface area is 152 Å². The summed E-state index contributed by atoms with van der Waals surface area (Å²) in [4.78, 5) is 25.2. The molecule has 0 fully saturated rings. The number of halogens is 1. The van der Waals surface area contributed by atoms with Crippen LogP contribution >= 0.6 is 15.9 Å². The molecule has 0 N–H and O–H groups in total. The Bertz CT molecular complexity index is 901. The van der Waals surface area contributed by atoms with E-state index in [-0.39, 0.29) is 23.7 Å². The summed E-state index contributed by atoms with van der Waals surface area (Å²) in [5.74, 6) is -1.24. The number of rotatable bonds is 5. The van der Waals surface area contributed by atoms with E-state index >= 15 is 0 Å². The van der Waals surface area contributed by atoms with Gasteiger partial charge < -0.3 is 9.26 Å². The molecule has 0 atom stereocenters. The Morgan fingerprint density at radius 3 is 2.40 bits per heavy atom. The van der Waals surface area contributed by atoms with Crippen LogP contribution in [0.5, 0.6) is 0 Å². The largest absolute Gasteiger partial charge is 0.460 e. The van der Waals surface area contributed by atoms with Crippen LogP contribution < -0.4 is 0 Å². The number of benzene rings is 2. The van der Waals surface area contributed by atoms with Crippen LogP contribution in [0, 0.1) is 0 Å². The third-order valence-electron chi connectivity index (χ3n) is 3.53. The van der Waals surface area contributed by atoms with Crippen LogP contribution in [0.25, 0.3) is 11.3 Å². The molecule has 0 aliphatic rings. The van der Waals surface area contributed by atoms with Gasteiger partial charge in [0.05, 0.1) is 6.61 Å². The molecule has 0 aliphatic carbocycles. The summed E-state index contributed by atoms with van der Waals surface area (Å²) in [6.45, 7) is 1.86. The van der Waals surface area contributed by atoms with Crippen molar-refractivity contribution in [2.45, 2.75) is 6.92 Å². The first kappa shape index (κ1) is 17.1. The van der Waals surface area contributed by atoms with Gasteiger partial charge >= 0.3 is 5.97 Å². The SMILES string of the molecule is CCOC(=O)c1onc(-c2ccc(Br)cc2)c1C(=O)c1ccccc1. The average Bonchev–Trinajstić information content (AvgIpc) is 3.08. The zero-order chi connectivity index (χ0) is 17.8. The molecule has 1 heterocycles. The van der Waals surface area contributed by atoms with Crippen LogP contribution in [0.3, 0.4) is 0 Å². The maximum Gasteiger partial charge on any atom is 0.377 e. The number of esters is 1. The van der Waals surface area contributed by atoms with Crippen LogP contribution in [-0.4, -0.2) is 23.5 Å². The minimum Gasteiger partial charge on any atom is -0.460 e. The molecule has 2 aromatic carbocycles. The van der Waals surface area contributed by atoms with E-state index in [0.29, 0.717) is 16.8 Å². The van der Waals surface area contributed by atoms with Crippen molar-refractivity contribution in [2.75, 3.05) is 6.61 Å². The van der Waals surface area contributed by atoms with Crippen molar-refractivity contribution in [3.63, 3.8) is 0 Å². The molecule has 3 aromatic rings. The lowest BCUT2D eigenvalue weighted by molar-refractivity contribution is 0.0476. The number of ether oxygens (including phenoxy) is 1. The number of hydrogen-bond acceptors (Lipinski definition) is 5. The molecule has 126 valence electrons. The molecule has 0 bridgehead atoms. The van der Waals surface area contributed by atoms with Gasteiger partial charge in [0.2, 0.25) is 0 Å². The van der Waals surface area contributed by atoms with Crippen LogP contribution in [-0.2, 0) is 4.74 Å². The topological polar surface area (TPSA) is 69.4 Å². The van der Waals surface area contributed by atoms with Crippen molar-refractivity contribution in [3.05, 3.63) is 76.0 Å². The molecular weight excluding hydrogens is 386 g/mol. The van der Waals surface area contributed by atoms with Crippen molar-refractivity contribution in [2.24, 2.45) is 0 Å². The summed E-state index contributed by atoms with van der Waals surface area (Å²) >= 11 is 3.37. The summed E-state index contributed by atoms with van der Waals surface area (Å²) in [7, 11) is 0. The molecule has 0 saturated heterocycles. The monoisotopic (exact) mass is 399 g/mol. The lowest BCUT2D eigenvalue weighted by Crippen LogP contribution is -2.11. The summed E-state index contributed by atoms with van der Waals surface area (Å²) in [6.07, 6.45) is 0. The van der Waals surface area contributed by atoms with Crippen LogP contribution in [0.1, 0.15) is 33.4 Å². The third-order valence-corrected chi connectivity index (χ3v) is 4.06. The predicted molar refractivity (Wildman–Crippen MR) is 95.5 cm³/mol. The molecule has 0 saturated carbocycles. The van der Waals surface area contributed by atoms with Gasteiger partial charge in [0.1, 0.15) is 11.3 Å². The van der Waals surface area contributed by atoms with Crippen molar-refractivity contribution in [1.29, 1.82) is 0 Å². The Hall–Kier alpha value is -2.73. The molecule has 0 unspecified atom stereocenters. The lowest BCUT2D eigenvalue weighted by Gasteiger charge is -2.04. The number of carbonyl (C=O) groups is 2. The normalized spacial score (nSPS) is 10.5. The average molecular weight is 400 g/mol. The van der Waals surface area contributed by atoms with Crippen LogP contribution in [0.15, 0.2) is 63.6 Å². The molecule has 0 spiro atoms. The summed E-state index contributed by atoms with van der Waals surface area (Å²) in [5, 5.41) is 3.95. The van der Waals surface area contributed by atoms with Gasteiger partial charge in [-0.3, -0.25) is 4.79 Å². The number of hydrogen-bond donors (Lipinski definition) is 0. The minimum absolute atomic E-state index is 0.104. The molecular formula is C19H14BrNO4. The second-order valence-corrected chi connectivity index (χ2v) is 6.07. The number of nitrogens with zero attached hydrogens (tertiary/aromatic N) is 1. The molecule has 6 heteroatoms. The molecule has 0 aliphatic heterocycles. The first-order valence-electron chi connectivity index (χ1n) is 7.64. The van der Waals surface area contributed by atoms with Gasteiger partial charge in [0.15, 0.2) is 5.78 Å². The minimum atomic E-state index is -0.711. The second-order valence-electron chi connectivity index (χ2n) is 5.16. The Morgan fingerprint density at radius 2 is 1.76 bits per heavy atom. The molecule has 1 aromatic heterocycles.